The average Bonchev–Trinajstić information content (AvgIpc) is 3.28. The van der Waals surface area contributed by atoms with E-state index < -0.39 is 17.1 Å². The van der Waals surface area contributed by atoms with E-state index in [-0.39, 0.29) is 17.3 Å². The van der Waals surface area contributed by atoms with Gasteiger partial charge in [0.15, 0.2) is 0 Å². The lowest BCUT2D eigenvalue weighted by Gasteiger charge is -2.13. The van der Waals surface area contributed by atoms with Crippen LogP contribution in [-0.2, 0) is 9.59 Å². The molecule has 4 rings (SSSR count). The largest absolute Gasteiger partial charge is 0.457 e. The number of imide groups is 1. The van der Waals surface area contributed by atoms with Crippen molar-refractivity contribution < 1.29 is 23.2 Å². The molecule has 1 N–H and O–H groups in total. The summed E-state index contributed by atoms with van der Waals surface area (Å²) < 4.78 is 18.8. The Labute approximate surface area is 188 Å². The van der Waals surface area contributed by atoms with Gasteiger partial charge in [-0.3, -0.25) is 19.3 Å². The van der Waals surface area contributed by atoms with Crippen molar-refractivity contribution in [2.45, 2.75) is 13.8 Å². The second kappa shape index (κ2) is 8.84. The summed E-state index contributed by atoms with van der Waals surface area (Å²) >= 11 is 0.746. The first-order valence-corrected chi connectivity index (χ1v) is 10.6. The maximum Gasteiger partial charge on any atom is 0.294 e. The van der Waals surface area contributed by atoms with E-state index >= 15 is 0 Å². The number of nitrogens with zero attached hydrogens (tertiary/aromatic N) is 1. The smallest absolute Gasteiger partial charge is 0.294 e. The molecule has 1 aliphatic heterocycles. The molecule has 1 aliphatic rings. The van der Waals surface area contributed by atoms with Gasteiger partial charge in [0.25, 0.3) is 11.1 Å². The zero-order valence-electron chi connectivity index (χ0n) is 17.3. The number of halogens is 1. The van der Waals surface area contributed by atoms with E-state index in [0.29, 0.717) is 22.8 Å². The summed E-state index contributed by atoms with van der Waals surface area (Å²) in [4.78, 5) is 38.5. The number of aryl methyl sites for hydroxylation is 2. The Morgan fingerprint density at radius 3 is 2.44 bits per heavy atom. The zero-order valence-corrected chi connectivity index (χ0v) is 18.2. The van der Waals surface area contributed by atoms with E-state index in [4.69, 9.17) is 4.42 Å². The molecule has 1 saturated heterocycles. The van der Waals surface area contributed by atoms with E-state index in [9.17, 15) is 18.8 Å². The number of anilines is 1. The summed E-state index contributed by atoms with van der Waals surface area (Å²) in [6, 6.07) is 14.8. The second-order valence-electron chi connectivity index (χ2n) is 7.40. The molecule has 32 heavy (non-hydrogen) atoms. The topological polar surface area (TPSA) is 79.6 Å². The van der Waals surface area contributed by atoms with Crippen molar-refractivity contribution in [1.29, 1.82) is 0 Å². The zero-order chi connectivity index (χ0) is 22.8. The molecule has 0 saturated carbocycles. The predicted octanol–water partition coefficient (Wildman–Crippen LogP) is 5.38. The Morgan fingerprint density at radius 2 is 1.75 bits per heavy atom. The monoisotopic (exact) mass is 450 g/mol. The van der Waals surface area contributed by atoms with Crippen LogP contribution in [0, 0.1) is 19.7 Å². The van der Waals surface area contributed by atoms with Gasteiger partial charge in [0, 0.05) is 17.3 Å². The lowest BCUT2D eigenvalue weighted by atomic mass is 10.1. The van der Waals surface area contributed by atoms with Gasteiger partial charge in [0.05, 0.1) is 4.91 Å². The minimum Gasteiger partial charge on any atom is -0.457 e. The summed E-state index contributed by atoms with van der Waals surface area (Å²) in [6.07, 6.45) is 1.46. The van der Waals surface area contributed by atoms with Gasteiger partial charge in [-0.2, -0.15) is 0 Å². The van der Waals surface area contributed by atoms with Crippen molar-refractivity contribution in [2.75, 3.05) is 11.9 Å². The lowest BCUT2D eigenvalue weighted by Crippen LogP contribution is -2.36. The molecule has 3 aromatic rings. The summed E-state index contributed by atoms with van der Waals surface area (Å²) in [6.45, 7) is 3.45. The van der Waals surface area contributed by atoms with Crippen molar-refractivity contribution in [3.8, 4) is 11.3 Å². The van der Waals surface area contributed by atoms with Gasteiger partial charge >= 0.3 is 0 Å². The highest BCUT2D eigenvalue weighted by molar-refractivity contribution is 8.18. The molecule has 0 aliphatic carbocycles. The molecule has 8 heteroatoms. The highest BCUT2D eigenvalue weighted by Gasteiger charge is 2.36. The Kier molecular flexibility index (Phi) is 5.96. The van der Waals surface area contributed by atoms with Crippen molar-refractivity contribution in [3.63, 3.8) is 0 Å². The van der Waals surface area contributed by atoms with Gasteiger partial charge < -0.3 is 9.73 Å². The summed E-state index contributed by atoms with van der Waals surface area (Å²) in [5.41, 5.74) is 3.28. The summed E-state index contributed by atoms with van der Waals surface area (Å²) in [5, 5.41) is 2.20. The van der Waals surface area contributed by atoms with Crippen LogP contribution in [0.3, 0.4) is 0 Å². The molecule has 0 bridgehead atoms. The Bertz CT molecular complexity index is 1230. The number of furan rings is 1. The predicted molar refractivity (Wildman–Crippen MR) is 121 cm³/mol. The highest BCUT2D eigenvalue weighted by Crippen LogP contribution is 2.33. The number of rotatable bonds is 5. The molecule has 3 amide bonds. The third kappa shape index (κ3) is 4.81. The van der Waals surface area contributed by atoms with Crippen LogP contribution in [0.1, 0.15) is 16.9 Å². The van der Waals surface area contributed by atoms with Crippen LogP contribution < -0.4 is 5.32 Å². The number of carbonyl (C=O) groups excluding carboxylic acids is 3. The number of hydrogen-bond donors (Lipinski definition) is 1. The van der Waals surface area contributed by atoms with Crippen molar-refractivity contribution >= 4 is 40.6 Å². The molecule has 2 aromatic carbocycles. The van der Waals surface area contributed by atoms with Crippen LogP contribution in [0.5, 0.6) is 0 Å². The van der Waals surface area contributed by atoms with Crippen LogP contribution in [0.2, 0.25) is 0 Å². The van der Waals surface area contributed by atoms with E-state index in [1.54, 1.807) is 24.3 Å². The molecule has 162 valence electrons. The van der Waals surface area contributed by atoms with Gasteiger partial charge in [-0.05, 0) is 85.3 Å². The van der Waals surface area contributed by atoms with Gasteiger partial charge in [-0.1, -0.05) is 6.07 Å². The van der Waals surface area contributed by atoms with Crippen molar-refractivity contribution in [3.05, 3.63) is 82.2 Å². The van der Waals surface area contributed by atoms with Crippen LogP contribution in [0.25, 0.3) is 17.4 Å². The third-order valence-corrected chi connectivity index (χ3v) is 5.62. The second-order valence-corrected chi connectivity index (χ2v) is 8.39. The normalized spacial score (nSPS) is 15.0. The summed E-state index contributed by atoms with van der Waals surface area (Å²) in [7, 11) is 0. The van der Waals surface area contributed by atoms with Crippen LogP contribution in [-0.4, -0.2) is 28.5 Å². The number of thioether (sulfide) groups is 1. The van der Waals surface area contributed by atoms with Gasteiger partial charge in [0.1, 0.15) is 23.9 Å². The summed E-state index contributed by atoms with van der Waals surface area (Å²) in [5.74, 6) is -0.501. The Balaban J connectivity index is 1.45. The molecule has 0 radical (unpaired) electrons. The molecule has 6 nitrogen and oxygen atoms in total. The highest BCUT2D eigenvalue weighted by atomic mass is 32.2. The number of nitrogens with one attached hydrogen (secondary N) is 1. The number of amides is 3. The lowest BCUT2D eigenvalue weighted by molar-refractivity contribution is -0.127. The molecule has 1 fully saturated rings. The van der Waals surface area contributed by atoms with E-state index in [1.807, 2.05) is 32.0 Å². The molecule has 0 spiro atoms. The van der Waals surface area contributed by atoms with Gasteiger partial charge in [0.2, 0.25) is 5.91 Å². The van der Waals surface area contributed by atoms with Gasteiger partial charge in [-0.15, -0.1) is 0 Å². The Hall–Kier alpha value is -3.65. The fourth-order valence-electron chi connectivity index (χ4n) is 3.36. The molecule has 0 unspecified atom stereocenters. The fraction of sp³-hybridized carbons (Fsp3) is 0.125. The van der Waals surface area contributed by atoms with E-state index in [0.717, 1.165) is 27.8 Å². The van der Waals surface area contributed by atoms with Crippen molar-refractivity contribution in [2.24, 2.45) is 0 Å². The maximum absolute atomic E-state index is 13.1. The first-order chi connectivity index (χ1) is 15.3. The van der Waals surface area contributed by atoms with Crippen LogP contribution in [0.4, 0.5) is 14.9 Å². The molecule has 2 heterocycles. The van der Waals surface area contributed by atoms with Crippen LogP contribution >= 0.6 is 11.8 Å². The fourth-order valence-corrected chi connectivity index (χ4v) is 4.17. The standard InChI is InChI=1S/C24H19FN2O4S/c1-14-9-15(2)11-18(10-14)26-22(28)13-27-23(29)21(32-24(27)30)12-19-7-8-20(31-19)16-3-5-17(25)6-4-16/h3-12H,13H2,1-2H3,(H,26,28)/b21-12-. The third-order valence-electron chi connectivity index (χ3n) is 4.71. The van der Waals surface area contributed by atoms with E-state index in [2.05, 4.69) is 5.32 Å². The number of carbonyl (C=O) groups is 3. The maximum atomic E-state index is 13.1. The Morgan fingerprint density at radius 1 is 1.06 bits per heavy atom. The minimum absolute atomic E-state index is 0.161. The van der Waals surface area contributed by atoms with Crippen LogP contribution in [0.15, 0.2) is 63.9 Å². The molecular formula is C24H19FN2O4S. The quantitative estimate of drug-likeness (QED) is 0.528. The molecule has 0 atom stereocenters. The first kappa shape index (κ1) is 21.6. The molecular weight excluding hydrogens is 431 g/mol. The number of benzene rings is 2. The average molecular weight is 450 g/mol. The first-order valence-electron chi connectivity index (χ1n) is 9.78. The minimum atomic E-state index is -0.560. The van der Waals surface area contributed by atoms with Gasteiger partial charge in [-0.25, -0.2) is 4.39 Å². The van der Waals surface area contributed by atoms with E-state index in [1.165, 1.54) is 18.2 Å². The van der Waals surface area contributed by atoms with Crippen molar-refractivity contribution in [1.82, 2.24) is 4.90 Å². The number of hydrogen-bond acceptors (Lipinski definition) is 5. The molecule has 1 aromatic heterocycles. The SMILES string of the molecule is Cc1cc(C)cc(NC(=O)CN2C(=O)S/C(=C\c3ccc(-c4ccc(F)cc4)o3)C2=O)c1.